The van der Waals surface area contributed by atoms with E-state index in [9.17, 15) is 4.79 Å². The van der Waals surface area contributed by atoms with Crippen molar-refractivity contribution in [3.63, 3.8) is 0 Å². The first-order valence-corrected chi connectivity index (χ1v) is 9.04. The zero-order valence-corrected chi connectivity index (χ0v) is 14.5. The van der Waals surface area contributed by atoms with Gasteiger partial charge in [-0.25, -0.2) is 0 Å². The van der Waals surface area contributed by atoms with Crippen molar-refractivity contribution in [1.82, 2.24) is 9.47 Å². The normalized spacial score (nSPS) is 19.6. The molecule has 2 aliphatic heterocycles. The molecule has 0 saturated heterocycles. The van der Waals surface area contributed by atoms with Gasteiger partial charge in [0, 0.05) is 26.1 Å². The van der Waals surface area contributed by atoms with Gasteiger partial charge in [-0.05, 0) is 24.1 Å². The van der Waals surface area contributed by atoms with Crippen molar-refractivity contribution in [2.75, 3.05) is 13.1 Å². The summed E-state index contributed by atoms with van der Waals surface area (Å²) in [5.74, 6) is 0.130. The van der Waals surface area contributed by atoms with Gasteiger partial charge in [0.2, 0.25) is 0 Å². The molecule has 4 rings (SSSR count). The van der Waals surface area contributed by atoms with Crippen molar-refractivity contribution in [2.45, 2.75) is 38.8 Å². The summed E-state index contributed by atoms with van der Waals surface area (Å²) in [6, 6.07) is 14.1. The van der Waals surface area contributed by atoms with E-state index < -0.39 is 0 Å². The largest absolute Gasteiger partial charge is 0.387 e. The Morgan fingerprint density at radius 2 is 1.92 bits per heavy atom. The molecule has 130 valence electrons. The number of unbranched alkanes of at least 4 members (excludes halogenated alkanes) is 1. The molecule has 2 aliphatic rings. The summed E-state index contributed by atoms with van der Waals surface area (Å²) in [7, 11) is 0. The van der Waals surface area contributed by atoms with Gasteiger partial charge in [0.1, 0.15) is 11.4 Å². The Hall–Kier alpha value is -2.56. The SMILES string of the molecule is CCCCN1CCn2c(ccc2C2=NOC(c3ccccc3)C2)C1=O. The Morgan fingerprint density at radius 3 is 2.72 bits per heavy atom. The summed E-state index contributed by atoms with van der Waals surface area (Å²) < 4.78 is 2.10. The number of benzene rings is 1. The summed E-state index contributed by atoms with van der Waals surface area (Å²) in [5.41, 5.74) is 3.84. The highest BCUT2D eigenvalue weighted by Crippen LogP contribution is 2.30. The highest BCUT2D eigenvalue weighted by molar-refractivity contribution is 6.03. The van der Waals surface area contributed by atoms with Crippen molar-refractivity contribution in [2.24, 2.45) is 5.16 Å². The van der Waals surface area contributed by atoms with Crippen LogP contribution < -0.4 is 0 Å². The minimum Gasteiger partial charge on any atom is -0.387 e. The third kappa shape index (κ3) is 2.95. The van der Waals surface area contributed by atoms with Gasteiger partial charge >= 0.3 is 0 Å². The molecule has 0 fully saturated rings. The molecule has 0 aliphatic carbocycles. The van der Waals surface area contributed by atoms with Gasteiger partial charge in [-0.1, -0.05) is 48.8 Å². The lowest BCUT2D eigenvalue weighted by atomic mass is 10.0. The predicted octanol–water partition coefficient (Wildman–Crippen LogP) is 3.61. The van der Waals surface area contributed by atoms with Gasteiger partial charge in [0.25, 0.3) is 5.91 Å². The number of hydrogen-bond donors (Lipinski definition) is 0. The number of oxime groups is 1. The molecule has 1 aromatic carbocycles. The smallest absolute Gasteiger partial charge is 0.270 e. The summed E-state index contributed by atoms with van der Waals surface area (Å²) in [4.78, 5) is 20.3. The van der Waals surface area contributed by atoms with E-state index >= 15 is 0 Å². The van der Waals surface area contributed by atoms with Gasteiger partial charge in [-0.15, -0.1) is 0 Å². The molecule has 3 heterocycles. The van der Waals surface area contributed by atoms with Crippen LogP contribution in [0.2, 0.25) is 0 Å². The van der Waals surface area contributed by atoms with Gasteiger partial charge < -0.3 is 14.3 Å². The van der Waals surface area contributed by atoms with E-state index in [1.165, 1.54) is 0 Å². The van der Waals surface area contributed by atoms with Crippen LogP contribution in [0, 0.1) is 0 Å². The Balaban J connectivity index is 1.52. The highest BCUT2D eigenvalue weighted by atomic mass is 16.6. The molecule has 1 aromatic heterocycles. The zero-order valence-electron chi connectivity index (χ0n) is 14.5. The second-order valence-electron chi connectivity index (χ2n) is 6.65. The minimum absolute atomic E-state index is 0.0392. The number of nitrogens with zero attached hydrogens (tertiary/aromatic N) is 3. The van der Waals surface area contributed by atoms with Crippen LogP contribution in [0.4, 0.5) is 0 Å². The first-order chi connectivity index (χ1) is 12.3. The highest BCUT2D eigenvalue weighted by Gasteiger charge is 2.30. The number of fused-ring (bicyclic) bond motifs is 1. The molecule has 0 radical (unpaired) electrons. The number of amides is 1. The number of hydrogen-bond acceptors (Lipinski definition) is 3. The van der Waals surface area contributed by atoms with E-state index in [1.54, 1.807) is 0 Å². The van der Waals surface area contributed by atoms with Crippen LogP contribution >= 0.6 is 0 Å². The van der Waals surface area contributed by atoms with Crippen molar-refractivity contribution < 1.29 is 9.63 Å². The summed E-state index contributed by atoms with van der Waals surface area (Å²) in [6.45, 7) is 4.58. The lowest BCUT2D eigenvalue weighted by molar-refractivity contribution is 0.0702. The molecule has 5 nitrogen and oxygen atoms in total. The molecule has 2 aromatic rings. The van der Waals surface area contributed by atoms with Gasteiger partial charge in [-0.3, -0.25) is 4.79 Å². The molecule has 5 heteroatoms. The lowest BCUT2D eigenvalue weighted by Gasteiger charge is -2.29. The third-order valence-corrected chi connectivity index (χ3v) is 5.00. The summed E-state index contributed by atoms with van der Waals surface area (Å²) >= 11 is 0. The Labute approximate surface area is 147 Å². The van der Waals surface area contributed by atoms with Crippen LogP contribution in [0.5, 0.6) is 0 Å². The second kappa shape index (κ2) is 6.75. The van der Waals surface area contributed by atoms with Crippen LogP contribution in [0.25, 0.3) is 0 Å². The zero-order chi connectivity index (χ0) is 17.2. The number of carbonyl (C=O) groups is 1. The maximum absolute atomic E-state index is 12.7. The molecule has 0 saturated carbocycles. The summed E-state index contributed by atoms with van der Waals surface area (Å²) in [5, 5.41) is 4.31. The number of rotatable bonds is 5. The molecule has 0 bridgehead atoms. The predicted molar refractivity (Wildman–Crippen MR) is 96.7 cm³/mol. The van der Waals surface area contributed by atoms with E-state index in [2.05, 4.69) is 28.8 Å². The Kier molecular flexibility index (Phi) is 4.30. The van der Waals surface area contributed by atoms with Crippen LogP contribution in [0.1, 0.15) is 54.0 Å². The molecular weight excluding hydrogens is 314 g/mol. The standard InChI is InChI=1S/C20H23N3O2/c1-2-3-11-22-12-13-23-17(9-10-18(23)20(22)24)16-14-19(25-21-16)15-7-5-4-6-8-15/h4-10,19H,2-3,11-14H2,1H3. The first-order valence-electron chi connectivity index (χ1n) is 9.04. The van der Waals surface area contributed by atoms with Crippen molar-refractivity contribution >= 4 is 11.6 Å². The van der Waals surface area contributed by atoms with Crippen molar-refractivity contribution in [3.8, 4) is 0 Å². The Bertz CT molecular complexity index is 795. The van der Waals surface area contributed by atoms with Crippen LogP contribution in [-0.2, 0) is 11.4 Å². The number of carbonyl (C=O) groups excluding carboxylic acids is 1. The maximum atomic E-state index is 12.7. The fourth-order valence-corrected chi connectivity index (χ4v) is 3.57. The van der Waals surface area contributed by atoms with E-state index in [0.717, 1.165) is 61.6 Å². The monoisotopic (exact) mass is 337 g/mol. The fraction of sp³-hybridized carbons (Fsp3) is 0.400. The van der Waals surface area contributed by atoms with Crippen molar-refractivity contribution in [3.05, 3.63) is 59.4 Å². The molecule has 1 unspecified atom stereocenters. The van der Waals surface area contributed by atoms with Gasteiger partial charge in [-0.2, -0.15) is 0 Å². The summed E-state index contributed by atoms with van der Waals surface area (Å²) in [6.07, 6.45) is 2.85. The lowest BCUT2D eigenvalue weighted by Crippen LogP contribution is -2.41. The minimum atomic E-state index is -0.0392. The van der Waals surface area contributed by atoms with Crippen LogP contribution in [0.15, 0.2) is 47.6 Å². The van der Waals surface area contributed by atoms with E-state index in [4.69, 9.17) is 4.84 Å². The van der Waals surface area contributed by atoms with Crippen molar-refractivity contribution in [1.29, 1.82) is 0 Å². The topological polar surface area (TPSA) is 46.8 Å². The van der Waals surface area contributed by atoms with Crippen LogP contribution in [-0.4, -0.2) is 34.2 Å². The third-order valence-electron chi connectivity index (χ3n) is 5.00. The number of aromatic nitrogens is 1. The quantitative estimate of drug-likeness (QED) is 0.837. The van der Waals surface area contributed by atoms with Gasteiger partial charge in [0.05, 0.1) is 5.69 Å². The Morgan fingerprint density at radius 1 is 1.12 bits per heavy atom. The molecule has 1 atom stereocenters. The molecular formula is C20H23N3O2. The molecule has 1 amide bonds. The maximum Gasteiger partial charge on any atom is 0.270 e. The first kappa shape index (κ1) is 15.9. The average molecular weight is 337 g/mol. The molecule has 25 heavy (non-hydrogen) atoms. The molecule has 0 spiro atoms. The van der Waals surface area contributed by atoms with Gasteiger partial charge in [0.15, 0.2) is 6.10 Å². The second-order valence-corrected chi connectivity index (χ2v) is 6.65. The van der Waals surface area contributed by atoms with Crippen LogP contribution in [0.3, 0.4) is 0 Å². The van der Waals surface area contributed by atoms with E-state index in [0.29, 0.717) is 0 Å². The molecule has 0 N–H and O–H groups in total. The van der Waals surface area contributed by atoms with E-state index in [1.807, 2.05) is 35.2 Å². The fourth-order valence-electron chi connectivity index (χ4n) is 3.57. The average Bonchev–Trinajstić information content (AvgIpc) is 3.29. The van der Waals surface area contributed by atoms with E-state index in [-0.39, 0.29) is 12.0 Å².